The second-order valence-electron chi connectivity index (χ2n) is 7.18. The Morgan fingerprint density at radius 2 is 1.69 bits per heavy atom. The number of hydrogen-bond donors (Lipinski definition) is 1. The minimum atomic E-state index is -0.742. The van der Waals surface area contributed by atoms with Crippen LogP contribution in [0.1, 0.15) is 11.1 Å². The largest absolute Gasteiger partial charge is 0.484 e. The Hall–Kier alpha value is -3.02. The number of benzene rings is 3. The van der Waals surface area contributed by atoms with Crippen molar-refractivity contribution in [1.29, 1.82) is 0 Å². The van der Waals surface area contributed by atoms with E-state index in [0.29, 0.717) is 22.2 Å². The van der Waals surface area contributed by atoms with Gasteiger partial charge in [0, 0.05) is 30.1 Å². The van der Waals surface area contributed by atoms with Crippen molar-refractivity contribution in [3.8, 4) is 5.75 Å². The molecule has 0 bridgehead atoms. The summed E-state index contributed by atoms with van der Waals surface area (Å²) in [5.41, 5.74) is 1.68. The van der Waals surface area contributed by atoms with Gasteiger partial charge in [0.25, 0.3) is 5.91 Å². The maximum atomic E-state index is 13.3. The second kappa shape index (κ2) is 11.6. The van der Waals surface area contributed by atoms with Crippen LogP contribution in [0.2, 0.25) is 10.0 Å². The van der Waals surface area contributed by atoms with E-state index < -0.39 is 6.04 Å². The molecule has 2 amide bonds. The molecule has 0 saturated heterocycles. The summed E-state index contributed by atoms with van der Waals surface area (Å²) in [5.74, 6) is -0.130. The van der Waals surface area contributed by atoms with E-state index >= 15 is 0 Å². The van der Waals surface area contributed by atoms with Crippen molar-refractivity contribution in [3.63, 3.8) is 0 Å². The summed E-state index contributed by atoms with van der Waals surface area (Å²) in [6, 6.07) is 22.9. The third-order valence-corrected chi connectivity index (χ3v) is 5.58. The first kappa shape index (κ1) is 23.6. The molecule has 1 atom stereocenters. The monoisotopic (exact) mass is 470 g/mol. The Kier molecular flexibility index (Phi) is 8.54. The molecule has 3 aromatic rings. The average molecular weight is 471 g/mol. The number of carbonyl (C=O) groups excluding carboxylic acids is 2. The van der Waals surface area contributed by atoms with Gasteiger partial charge in [0.05, 0.1) is 0 Å². The predicted molar refractivity (Wildman–Crippen MR) is 127 cm³/mol. The fraction of sp³-hybridized carbons (Fsp3) is 0.200. The lowest BCUT2D eigenvalue weighted by Gasteiger charge is -2.31. The molecule has 3 rings (SSSR count). The molecular formula is C25H24Cl2N2O3. The van der Waals surface area contributed by atoms with E-state index in [-0.39, 0.29) is 25.0 Å². The fourth-order valence-electron chi connectivity index (χ4n) is 3.32. The SMILES string of the molecule is CNC(=O)[C@@H](Cc1ccccc1)N(Cc1ccccc1Cl)C(=O)COc1cccc(Cl)c1. The van der Waals surface area contributed by atoms with Gasteiger partial charge in [-0.2, -0.15) is 0 Å². The quantitative estimate of drug-likeness (QED) is 0.490. The minimum Gasteiger partial charge on any atom is -0.484 e. The van der Waals surface area contributed by atoms with Gasteiger partial charge >= 0.3 is 0 Å². The average Bonchev–Trinajstić information content (AvgIpc) is 2.81. The van der Waals surface area contributed by atoms with E-state index in [0.717, 1.165) is 11.1 Å². The second-order valence-corrected chi connectivity index (χ2v) is 8.02. The normalized spacial score (nSPS) is 11.5. The lowest BCUT2D eigenvalue weighted by molar-refractivity contribution is -0.142. The van der Waals surface area contributed by atoms with Gasteiger partial charge in [0.1, 0.15) is 11.8 Å². The van der Waals surface area contributed by atoms with Crippen molar-refractivity contribution in [2.45, 2.75) is 19.0 Å². The molecule has 0 saturated carbocycles. The molecule has 0 fully saturated rings. The van der Waals surface area contributed by atoms with Gasteiger partial charge in [0.2, 0.25) is 5.91 Å². The standard InChI is InChI=1S/C25H24Cl2N2O3/c1-28-25(31)23(14-18-8-3-2-4-9-18)29(16-19-10-5-6-13-22(19)27)24(30)17-32-21-12-7-11-20(26)15-21/h2-13,15,23H,14,16-17H2,1H3,(H,28,31)/t23-/m1/s1. The molecule has 5 nitrogen and oxygen atoms in total. The maximum absolute atomic E-state index is 13.3. The fourth-order valence-corrected chi connectivity index (χ4v) is 3.69. The summed E-state index contributed by atoms with van der Waals surface area (Å²) in [4.78, 5) is 27.7. The summed E-state index contributed by atoms with van der Waals surface area (Å²) in [7, 11) is 1.56. The third kappa shape index (κ3) is 6.49. The van der Waals surface area contributed by atoms with Crippen LogP contribution in [0.3, 0.4) is 0 Å². The summed E-state index contributed by atoms with van der Waals surface area (Å²) in [5, 5.41) is 3.71. The summed E-state index contributed by atoms with van der Waals surface area (Å²) in [6.45, 7) is -0.0740. The first-order valence-electron chi connectivity index (χ1n) is 10.1. The van der Waals surface area contributed by atoms with Gasteiger partial charge in [-0.05, 0) is 35.4 Å². The van der Waals surface area contributed by atoms with Crippen LogP contribution in [0.4, 0.5) is 0 Å². The van der Waals surface area contributed by atoms with Crippen LogP contribution in [-0.2, 0) is 22.6 Å². The zero-order valence-electron chi connectivity index (χ0n) is 17.6. The zero-order valence-corrected chi connectivity index (χ0v) is 19.1. The molecule has 3 aromatic carbocycles. The predicted octanol–water partition coefficient (Wildman–Crippen LogP) is 4.76. The molecule has 0 aromatic heterocycles. The third-order valence-electron chi connectivity index (χ3n) is 4.97. The number of halogens is 2. The van der Waals surface area contributed by atoms with Crippen molar-refractivity contribution in [2.24, 2.45) is 0 Å². The molecule has 0 unspecified atom stereocenters. The van der Waals surface area contributed by atoms with Gasteiger partial charge in [-0.3, -0.25) is 9.59 Å². The van der Waals surface area contributed by atoms with Crippen LogP contribution in [0, 0.1) is 0 Å². The topological polar surface area (TPSA) is 58.6 Å². The highest BCUT2D eigenvalue weighted by atomic mass is 35.5. The van der Waals surface area contributed by atoms with E-state index in [1.165, 1.54) is 4.90 Å². The number of nitrogens with one attached hydrogen (secondary N) is 1. The Balaban J connectivity index is 1.88. The Morgan fingerprint density at radius 1 is 0.969 bits per heavy atom. The molecule has 0 spiro atoms. The van der Waals surface area contributed by atoms with E-state index in [9.17, 15) is 9.59 Å². The first-order chi connectivity index (χ1) is 15.5. The first-order valence-corrected chi connectivity index (χ1v) is 10.9. The van der Waals surface area contributed by atoms with Crippen molar-refractivity contribution < 1.29 is 14.3 Å². The van der Waals surface area contributed by atoms with Gasteiger partial charge in [-0.15, -0.1) is 0 Å². The number of hydrogen-bond acceptors (Lipinski definition) is 3. The molecule has 7 heteroatoms. The lowest BCUT2D eigenvalue weighted by Crippen LogP contribution is -2.51. The van der Waals surface area contributed by atoms with E-state index in [2.05, 4.69) is 5.32 Å². The van der Waals surface area contributed by atoms with Crippen LogP contribution < -0.4 is 10.1 Å². The van der Waals surface area contributed by atoms with Crippen LogP contribution in [0.5, 0.6) is 5.75 Å². The number of carbonyl (C=O) groups is 2. The molecule has 1 N–H and O–H groups in total. The van der Waals surface area contributed by atoms with E-state index in [1.807, 2.05) is 48.5 Å². The molecular weight excluding hydrogens is 447 g/mol. The summed E-state index contributed by atoms with van der Waals surface area (Å²) in [6.07, 6.45) is 0.355. The molecule has 166 valence electrons. The number of rotatable bonds is 9. The number of nitrogens with zero attached hydrogens (tertiary/aromatic N) is 1. The summed E-state index contributed by atoms with van der Waals surface area (Å²) < 4.78 is 5.67. The Bertz CT molecular complexity index is 1060. The molecule has 0 aliphatic rings. The molecule has 0 aliphatic heterocycles. The Morgan fingerprint density at radius 3 is 2.38 bits per heavy atom. The van der Waals surface area contributed by atoms with Gasteiger partial charge in [-0.25, -0.2) is 0 Å². The minimum absolute atomic E-state index is 0.169. The highest BCUT2D eigenvalue weighted by Gasteiger charge is 2.30. The zero-order chi connectivity index (χ0) is 22.9. The van der Waals surface area contributed by atoms with Crippen molar-refractivity contribution in [1.82, 2.24) is 10.2 Å². The van der Waals surface area contributed by atoms with Gasteiger partial charge in [0.15, 0.2) is 6.61 Å². The van der Waals surface area contributed by atoms with Crippen LogP contribution in [0.15, 0.2) is 78.9 Å². The van der Waals surface area contributed by atoms with E-state index in [4.69, 9.17) is 27.9 Å². The van der Waals surface area contributed by atoms with Crippen molar-refractivity contribution in [3.05, 3.63) is 100 Å². The maximum Gasteiger partial charge on any atom is 0.261 e. The van der Waals surface area contributed by atoms with Crippen molar-refractivity contribution in [2.75, 3.05) is 13.7 Å². The number of ether oxygens (including phenoxy) is 1. The Labute approximate surface area is 197 Å². The van der Waals surface area contributed by atoms with Crippen LogP contribution >= 0.6 is 23.2 Å². The van der Waals surface area contributed by atoms with Gasteiger partial charge in [-0.1, -0.05) is 77.8 Å². The number of likely N-dealkylation sites (N-methyl/N-ethyl adjacent to an activating group) is 1. The molecule has 0 radical (unpaired) electrons. The summed E-state index contributed by atoms with van der Waals surface area (Å²) >= 11 is 12.4. The van der Waals surface area contributed by atoms with Crippen LogP contribution in [-0.4, -0.2) is 36.4 Å². The number of amides is 2. The van der Waals surface area contributed by atoms with Crippen LogP contribution in [0.25, 0.3) is 0 Å². The van der Waals surface area contributed by atoms with E-state index in [1.54, 1.807) is 37.4 Å². The molecule has 0 aliphatic carbocycles. The molecule has 32 heavy (non-hydrogen) atoms. The highest BCUT2D eigenvalue weighted by Crippen LogP contribution is 2.21. The van der Waals surface area contributed by atoms with Crippen molar-refractivity contribution >= 4 is 35.0 Å². The highest BCUT2D eigenvalue weighted by molar-refractivity contribution is 6.31. The molecule has 0 heterocycles. The van der Waals surface area contributed by atoms with Gasteiger partial charge < -0.3 is 15.0 Å². The smallest absolute Gasteiger partial charge is 0.261 e. The lowest BCUT2D eigenvalue weighted by atomic mass is 10.0.